The molecule has 9 heteroatoms. The number of hydrogen-bond donors (Lipinski definition) is 1. The Hall–Kier alpha value is -1.87. The van der Waals surface area contributed by atoms with Gasteiger partial charge in [0.2, 0.25) is 5.91 Å². The fourth-order valence-corrected chi connectivity index (χ4v) is 4.44. The first-order valence-electron chi connectivity index (χ1n) is 9.08. The van der Waals surface area contributed by atoms with E-state index in [0.29, 0.717) is 21.8 Å². The standard InChI is InChI=1S/C18H25N3O4S2/c1-3-8-20(9-4-2)14(22)12-27-18-19-13-7-11-26-16(13)17(25)21(18)10-5-6-15(23)24/h7,11H,3-6,8-10,12H2,1-2H3,(H,23,24). The van der Waals surface area contributed by atoms with Gasteiger partial charge in [-0.15, -0.1) is 11.3 Å². The summed E-state index contributed by atoms with van der Waals surface area (Å²) in [7, 11) is 0. The molecule has 7 nitrogen and oxygen atoms in total. The third kappa shape index (κ3) is 5.80. The summed E-state index contributed by atoms with van der Waals surface area (Å²) < 4.78 is 2.06. The lowest BCUT2D eigenvalue weighted by molar-refractivity contribution is -0.137. The van der Waals surface area contributed by atoms with E-state index in [1.165, 1.54) is 27.7 Å². The smallest absolute Gasteiger partial charge is 0.303 e. The number of carbonyl (C=O) groups is 2. The lowest BCUT2D eigenvalue weighted by atomic mass is 10.3. The SMILES string of the molecule is CCCN(CCC)C(=O)CSc1nc2ccsc2c(=O)n1CCCC(=O)O. The quantitative estimate of drug-likeness (QED) is 0.451. The second-order valence-corrected chi connectivity index (χ2v) is 8.01. The molecule has 0 aromatic carbocycles. The van der Waals surface area contributed by atoms with Gasteiger partial charge in [0.1, 0.15) is 4.70 Å². The largest absolute Gasteiger partial charge is 0.481 e. The molecule has 0 atom stereocenters. The molecule has 27 heavy (non-hydrogen) atoms. The number of rotatable bonds is 11. The molecule has 2 heterocycles. The zero-order chi connectivity index (χ0) is 19.8. The summed E-state index contributed by atoms with van der Waals surface area (Å²) >= 11 is 2.57. The Bertz CT molecular complexity index is 841. The number of nitrogens with zero attached hydrogens (tertiary/aromatic N) is 3. The molecule has 0 saturated carbocycles. The third-order valence-corrected chi connectivity index (χ3v) is 5.82. The minimum Gasteiger partial charge on any atom is -0.481 e. The fourth-order valence-electron chi connectivity index (χ4n) is 2.74. The second-order valence-electron chi connectivity index (χ2n) is 6.15. The molecule has 0 saturated heterocycles. The predicted octanol–water partition coefficient (Wildman–Crippen LogP) is 3.06. The highest BCUT2D eigenvalue weighted by molar-refractivity contribution is 7.99. The van der Waals surface area contributed by atoms with Crippen LogP contribution in [0.3, 0.4) is 0 Å². The maximum atomic E-state index is 12.7. The molecule has 148 valence electrons. The van der Waals surface area contributed by atoms with Crippen molar-refractivity contribution in [2.75, 3.05) is 18.8 Å². The van der Waals surface area contributed by atoms with Gasteiger partial charge in [0.25, 0.3) is 5.56 Å². The Labute approximate surface area is 166 Å². The fraction of sp³-hybridized carbons (Fsp3) is 0.556. The Balaban J connectivity index is 2.20. The molecule has 0 aliphatic rings. The van der Waals surface area contributed by atoms with E-state index in [0.717, 1.165) is 25.9 Å². The molecular formula is C18H25N3O4S2. The van der Waals surface area contributed by atoms with Crippen molar-refractivity contribution in [2.45, 2.75) is 51.2 Å². The van der Waals surface area contributed by atoms with E-state index < -0.39 is 5.97 Å². The predicted molar refractivity (Wildman–Crippen MR) is 109 cm³/mol. The van der Waals surface area contributed by atoms with Crippen LogP contribution < -0.4 is 5.56 Å². The van der Waals surface area contributed by atoms with Crippen molar-refractivity contribution in [3.05, 3.63) is 21.8 Å². The lowest BCUT2D eigenvalue weighted by Gasteiger charge is -2.21. The molecule has 0 fully saturated rings. The first-order valence-corrected chi connectivity index (χ1v) is 10.9. The van der Waals surface area contributed by atoms with Crippen molar-refractivity contribution in [3.8, 4) is 0 Å². The maximum Gasteiger partial charge on any atom is 0.303 e. The molecule has 1 N–H and O–H groups in total. The summed E-state index contributed by atoms with van der Waals surface area (Å²) in [6.45, 7) is 5.78. The van der Waals surface area contributed by atoms with Gasteiger partial charge in [-0.3, -0.25) is 19.0 Å². The summed E-state index contributed by atoms with van der Waals surface area (Å²) in [5.41, 5.74) is 0.447. The van der Waals surface area contributed by atoms with Crippen LogP contribution in [-0.2, 0) is 16.1 Å². The van der Waals surface area contributed by atoms with E-state index >= 15 is 0 Å². The highest BCUT2D eigenvalue weighted by Crippen LogP contribution is 2.21. The van der Waals surface area contributed by atoms with Gasteiger partial charge in [-0.1, -0.05) is 25.6 Å². The number of carboxylic acid groups (broad SMARTS) is 1. The van der Waals surface area contributed by atoms with E-state index in [9.17, 15) is 14.4 Å². The molecule has 2 aromatic heterocycles. The van der Waals surface area contributed by atoms with Gasteiger partial charge in [-0.05, 0) is 30.7 Å². The topological polar surface area (TPSA) is 92.5 Å². The first-order chi connectivity index (χ1) is 13.0. The number of aromatic nitrogens is 2. The number of fused-ring (bicyclic) bond motifs is 1. The zero-order valence-corrected chi connectivity index (χ0v) is 17.3. The van der Waals surface area contributed by atoms with Crippen molar-refractivity contribution in [1.29, 1.82) is 0 Å². The molecular weight excluding hydrogens is 386 g/mol. The molecule has 2 rings (SSSR count). The summed E-state index contributed by atoms with van der Waals surface area (Å²) in [6, 6.07) is 1.79. The van der Waals surface area contributed by atoms with Gasteiger partial charge in [0, 0.05) is 26.1 Å². The summed E-state index contributed by atoms with van der Waals surface area (Å²) in [4.78, 5) is 42.4. The number of amides is 1. The molecule has 1 amide bonds. The van der Waals surface area contributed by atoms with Crippen LogP contribution >= 0.6 is 23.1 Å². The minimum atomic E-state index is -0.896. The van der Waals surface area contributed by atoms with Crippen LogP contribution in [0.2, 0.25) is 0 Å². The lowest BCUT2D eigenvalue weighted by Crippen LogP contribution is -2.34. The Morgan fingerprint density at radius 1 is 1.30 bits per heavy atom. The normalized spacial score (nSPS) is 11.0. The van der Waals surface area contributed by atoms with Gasteiger partial charge in [-0.2, -0.15) is 0 Å². The van der Waals surface area contributed by atoms with Crippen molar-refractivity contribution >= 4 is 45.2 Å². The Morgan fingerprint density at radius 3 is 2.63 bits per heavy atom. The van der Waals surface area contributed by atoms with Gasteiger partial charge in [0.05, 0.1) is 11.3 Å². The Kier molecular flexibility index (Phi) is 8.30. The van der Waals surface area contributed by atoms with E-state index in [-0.39, 0.29) is 30.2 Å². The van der Waals surface area contributed by atoms with Gasteiger partial charge >= 0.3 is 5.97 Å². The van der Waals surface area contributed by atoms with E-state index in [4.69, 9.17) is 5.11 Å². The summed E-state index contributed by atoms with van der Waals surface area (Å²) in [6.07, 6.45) is 2.12. The van der Waals surface area contributed by atoms with E-state index in [1.54, 1.807) is 6.07 Å². The van der Waals surface area contributed by atoms with Crippen LogP contribution in [-0.4, -0.2) is 50.3 Å². The van der Waals surface area contributed by atoms with Crippen molar-refractivity contribution in [2.24, 2.45) is 0 Å². The van der Waals surface area contributed by atoms with Crippen LogP contribution in [0.4, 0.5) is 0 Å². The van der Waals surface area contributed by atoms with Crippen molar-refractivity contribution in [3.63, 3.8) is 0 Å². The van der Waals surface area contributed by atoms with Crippen LogP contribution in [0.5, 0.6) is 0 Å². The molecule has 0 unspecified atom stereocenters. The number of thioether (sulfide) groups is 1. The molecule has 0 spiro atoms. The molecule has 0 aliphatic heterocycles. The van der Waals surface area contributed by atoms with E-state index in [1.807, 2.05) is 24.1 Å². The van der Waals surface area contributed by atoms with Gasteiger partial charge in [-0.25, -0.2) is 4.98 Å². The zero-order valence-electron chi connectivity index (χ0n) is 15.6. The van der Waals surface area contributed by atoms with Crippen molar-refractivity contribution < 1.29 is 14.7 Å². The molecule has 2 aromatic rings. The van der Waals surface area contributed by atoms with Gasteiger partial charge in [0.15, 0.2) is 5.16 Å². The second kappa shape index (κ2) is 10.5. The number of aliphatic carboxylic acids is 1. The van der Waals surface area contributed by atoms with E-state index in [2.05, 4.69) is 4.98 Å². The molecule has 0 radical (unpaired) electrons. The minimum absolute atomic E-state index is 0.0151. The van der Waals surface area contributed by atoms with Gasteiger partial charge < -0.3 is 10.0 Å². The van der Waals surface area contributed by atoms with Crippen LogP contribution in [0.1, 0.15) is 39.5 Å². The monoisotopic (exact) mass is 411 g/mol. The summed E-state index contributed by atoms with van der Waals surface area (Å²) in [5.74, 6) is -0.658. The number of carboxylic acids is 1. The van der Waals surface area contributed by atoms with Crippen LogP contribution in [0.15, 0.2) is 21.4 Å². The average Bonchev–Trinajstić information content (AvgIpc) is 3.10. The molecule has 0 aliphatic carbocycles. The number of thiophene rings is 1. The highest BCUT2D eigenvalue weighted by atomic mass is 32.2. The number of carbonyl (C=O) groups excluding carboxylic acids is 1. The third-order valence-electron chi connectivity index (χ3n) is 3.97. The highest BCUT2D eigenvalue weighted by Gasteiger charge is 2.17. The first kappa shape index (κ1) is 21.4. The number of hydrogen-bond acceptors (Lipinski definition) is 6. The van der Waals surface area contributed by atoms with Crippen LogP contribution in [0, 0.1) is 0 Å². The average molecular weight is 412 g/mol. The molecule has 0 bridgehead atoms. The Morgan fingerprint density at radius 2 is 2.00 bits per heavy atom. The maximum absolute atomic E-state index is 12.7. The van der Waals surface area contributed by atoms with Crippen molar-refractivity contribution in [1.82, 2.24) is 14.5 Å². The van der Waals surface area contributed by atoms with Crippen LogP contribution in [0.25, 0.3) is 10.2 Å². The summed E-state index contributed by atoms with van der Waals surface area (Å²) in [5, 5.41) is 11.1.